The molecular weight excluding hydrogens is 228 g/mol. The fourth-order valence-corrected chi connectivity index (χ4v) is 3.19. The highest BCUT2D eigenvalue weighted by molar-refractivity contribution is 5.65. The van der Waals surface area contributed by atoms with Crippen LogP contribution in [0.25, 0.3) is 0 Å². The maximum atomic E-state index is 11.0. The van der Waals surface area contributed by atoms with Crippen molar-refractivity contribution in [2.24, 2.45) is 17.3 Å². The van der Waals surface area contributed by atoms with Gasteiger partial charge >= 0.3 is 5.97 Å². The second-order valence-electron chi connectivity index (χ2n) is 6.26. The van der Waals surface area contributed by atoms with Crippen LogP contribution in [0.15, 0.2) is 11.6 Å². The Bertz CT molecular complexity index is 359. The summed E-state index contributed by atoms with van der Waals surface area (Å²) in [6.07, 6.45) is 4.68. The van der Waals surface area contributed by atoms with Crippen LogP contribution in [0.3, 0.4) is 0 Å². The van der Waals surface area contributed by atoms with Gasteiger partial charge in [-0.25, -0.2) is 0 Å². The number of carbonyl (C=O) groups excluding carboxylic acids is 1. The lowest BCUT2D eigenvalue weighted by Crippen LogP contribution is -2.48. The summed E-state index contributed by atoms with van der Waals surface area (Å²) in [5, 5.41) is 0. The van der Waals surface area contributed by atoms with Crippen molar-refractivity contribution in [2.75, 3.05) is 13.2 Å². The van der Waals surface area contributed by atoms with Crippen molar-refractivity contribution in [3.63, 3.8) is 0 Å². The first kappa shape index (κ1) is 13.6. The van der Waals surface area contributed by atoms with E-state index < -0.39 is 0 Å². The molecule has 0 N–H and O–H groups in total. The molecule has 1 aliphatic carbocycles. The first-order valence-electron chi connectivity index (χ1n) is 6.85. The van der Waals surface area contributed by atoms with E-state index in [-0.39, 0.29) is 11.4 Å². The zero-order valence-corrected chi connectivity index (χ0v) is 11.9. The minimum Gasteiger partial charge on any atom is -0.465 e. The van der Waals surface area contributed by atoms with Crippen molar-refractivity contribution in [2.45, 2.75) is 46.6 Å². The molecule has 2 aliphatic rings. The van der Waals surface area contributed by atoms with Gasteiger partial charge in [-0.3, -0.25) is 4.79 Å². The summed E-state index contributed by atoms with van der Waals surface area (Å²) < 4.78 is 11.3. The summed E-state index contributed by atoms with van der Waals surface area (Å²) >= 11 is 0. The highest BCUT2D eigenvalue weighted by atomic mass is 16.5. The number of fused-ring (bicyclic) bond motifs is 2. The third-order valence-electron chi connectivity index (χ3n) is 4.31. The standard InChI is InChI=1S/C15H24O3/c1-10(2)14-13-7-15(9-18-14,6-5-11(13)3)8-17-12(4)16/h5,10,13-14H,6-9H2,1-4H3/t13-,14-,15-/m1/s1. The molecule has 1 fully saturated rings. The number of hydrogen-bond donors (Lipinski definition) is 0. The highest BCUT2D eigenvalue weighted by Crippen LogP contribution is 2.46. The first-order chi connectivity index (χ1) is 8.43. The topological polar surface area (TPSA) is 35.5 Å². The molecule has 3 atom stereocenters. The van der Waals surface area contributed by atoms with Crippen LogP contribution in [0, 0.1) is 17.3 Å². The Labute approximate surface area is 110 Å². The molecule has 0 aromatic heterocycles. The van der Waals surface area contributed by atoms with Crippen LogP contribution in [0.5, 0.6) is 0 Å². The van der Waals surface area contributed by atoms with E-state index in [0.29, 0.717) is 31.2 Å². The van der Waals surface area contributed by atoms with Crippen LogP contribution in [0.1, 0.15) is 40.5 Å². The summed E-state index contributed by atoms with van der Waals surface area (Å²) in [7, 11) is 0. The van der Waals surface area contributed by atoms with Gasteiger partial charge in [0.2, 0.25) is 0 Å². The predicted molar refractivity (Wildman–Crippen MR) is 70.1 cm³/mol. The highest BCUT2D eigenvalue weighted by Gasteiger charge is 2.45. The van der Waals surface area contributed by atoms with Gasteiger partial charge in [-0.05, 0) is 25.7 Å². The molecule has 1 saturated heterocycles. The van der Waals surface area contributed by atoms with E-state index in [4.69, 9.17) is 9.47 Å². The minimum absolute atomic E-state index is 0.0151. The molecule has 2 bridgehead atoms. The molecule has 0 amide bonds. The molecule has 0 spiro atoms. The molecule has 3 nitrogen and oxygen atoms in total. The zero-order valence-electron chi connectivity index (χ0n) is 11.9. The van der Waals surface area contributed by atoms with Crippen LogP contribution in [0.2, 0.25) is 0 Å². The van der Waals surface area contributed by atoms with Crippen LogP contribution in [-0.4, -0.2) is 25.3 Å². The Morgan fingerprint density at radius 3 is 2.94 bits per heavy atom. The Morgan fingerprint density at radius 2 is 2.33 bits per heavy atom. The second kappa shape index (κ2) is 5.04. The number of allylic oxidation sites excluding steroid dienone is 1. The molecule has 102 valence electrons. The maximum Gasteiger partial charge on any atom is 0.302 e. The van der Waals surface area contributed by atoms with Gasteiger partial charge in [0, 0.05) is 18.3 Å². The molecule has 2 rings (SSSR count). The van der Waals surface area contributed by atoms with E-state index >= 15 is 0 Å². The Morgan fingerprint density at radius 1 is 1.61 bits per heavy atom. The van der Waals surface area contributed by atoms with Gasteiger partial charge in [-0.1, -0.05) is 25.5 Å². The quantitative estimate of drug-likeness (QED) is 0.572. The second-order valence-corrected chi connectivity index (χ2v) is 6.26. The number of carbonyl (C=O) groups is 1. The van der Waals surface area contributed by atoms with Crippen LogP contribution in [-0.2, 0) is 14.3 Å². The Hall–Kier alpha value is -0.830. The van der Waals surface area contributed by atoms with Crippen molar-refractivity contribution in [3.05, 3.63) is 11.6 Å². The molecule has 3 heteroatoms. The lowest BCUT2D eigenvalue weighted by molar-refractivity contribution is -0.158. The smallest absolute Gasteiger partial charge is 0.302 e. The summed E-state index contributed by atoms with van der Waals surface area (Å²) in [5.74, 6) is 0.824. The maximum absolute atomic E-state index is 11.0. The van der Waals surface area contributed by atoms with Gasteiger partial charge in [-0.15, -0.1) is 0 Å². The lowest BCUT2D eigenvalue weighted by Gasteiger charge is -2.48. The molecule has 1 aliphatic heterocycles. The van der Waals surface area contributed by atoms with Crippen LogP contribution >= 0.6 is 0 Å². The van der Waals surface area contributed by atoms with Crippen molar-refractivity contribution in [1.29, 1.82) is 0 Å². The van der Waals surface area contributed by atoms with E-state index in [1.54, 1.807) is 0 Å². The largest absolute Gasteiger partial charge is 0.465 e. The van der Waals surface area contributed by atoms with Gasteiger partial charge in [-0.2, -0.15) is 0 Å². The van der Waals surface area contributed by atoms with E-state index in [1.807, 2.05) is 0 Å². The van der Waals surface area contributed by atoms with Gasteiger partial charge in [0.15, 0.2) is 0 Å². The van der Waals surface area contributed by atoms with E-state index in [9.17, 15) is 4.79 Å². The monoisotopic (exact) mass is 252 g/mol. The average Bonchev–Trinajstić information content (AvgIpc) is 2.32. The van der Waals surface area contributed by atoms with Crippen molar-refractivity contribution >= 4 is 5.97 Å². The van der Waals surface area contributed by atoms with Crippen LogP contribution in [0.4, 0.5) is 0 Å². The third kappa shape index (κ3) is 2.61. The van der Waals surface area contributed by atoms with Gasteiger partial charge in [0.25, 0.3) is 0 Å². The van der Waals surface area contributed by atoms with E-state index in [0.717, 1.165) is 12.8 Å². The normalized spacial score (nSPS) is 35.3. The number of esters is 1. The molecule has 0 saturated carbocycles. The summed E-state index contributed by atoms with van der Waals surface area (Å²) in [6.45, 7) is 9.30. The number of ether oxygens (including phenoxy) is 2. The van der Waals surface area contributed by atoms with Crippen LogP contribution < -0.4 is 0 Å². The van der Waals surface area contributed by atoms with Gasteiger partial charge < -0.3 is 9.47 Å². The Balaban J connectivity index is 2.12. The first-order valence-corrected chi connectivity index (χ1v) is 6.85. The minimum atomic E-state index is -0.196. The van der Waals surface area contributed by atoms with E-state index in [2.05, 4.69) is 26.8 Å². The van der Waals surface area contributed by atoms with Crippen molar-refractivity contribution in [1.82, 2.24) is 0 Å². The lowest BCUT2D eigenvalue weighted by atomic mass is 9.66. The average molecular weight is 252 g/mol. The number of rotatable bonds is 3. The van der Waals surface area contributed by atoms with Gasteiger partial charge in [0.05, 0.1) is 19.3 Å². The fraction of sp³-hybridized carbons (Fsp3) is 0.800. The molecule has 0 aromatic rings. The summed E-state index contributed by atoms with van der Waals surface area (Å²) in [5.41, 5.74) is 1.45. The summed E-state index contributed by atoms with van der Waals surface area (Å²) in [4.78, 5) is 11.0. The molecule has 0 unspecified atom stereocenters. The van der Waals surface area contributed by atoms with E-state index in [1.165, 1.54) is 12.5 Å². The Kier molecular flexibility index (Phi) is 3.81. The summed E-state index contributed by atoms with van der Waals surface area (Å²) in [6, 6.07) is 0. The fourth-order valence-electron chi connectivity index (χ4n) is 3.19. The SMILES string of the molecule is CC(=O)OC[C@@]12CC=C(C)[C@@H](C1)[C@@H](C(C)C)OC2. The van der Waals surface area contributed by atoms with Crippen molar-refractivity contribution < 1.29 is 14.3 Å². The molecule has 18 heavy (non-hydrogen) atoms. The molecular formula is C15H24O3. The predicted octanol–water partition coefficient (Wildman–Crippen LogP) is 2.95. The van der Waals surface area contributed by atoms with Gasteiger partial charge in [0.1, 0.15) is 0 Å². The van der Waals surface area contributed by atoms with Crippen molar-refractivity contribution in [3.8, 4) is 0 Å². The third-order valence-corrected chi connectivity index (χ3v) is 4.31. The molecule has 1 heterocycles. The number of hydrogen-bond acceptors (Lipinski definition) is 3. The zero-order chi connectivity index (χ0) is 13.3. The molecule has 0 aromatic carbocycles. The molecule has 0 radical (unpaired) electrons.